The lowest BCUT2D eigenvalue weighted by molar-refractivity contribution is 0.596. The van der Waals surface area contributed by atoms with E-state index in [0.29, 0.717) is 5.92 Å². The lowest BCUT2D eigenvalue weighted by Crippen LogP contribution is -1.96. The van der Waals surface area contributed by atoms with Crippen LogP contribution in [0.1, 0.15) is 44.6 Å². The van der Waals surface area contributed by atoms with Crippen molar-refractivity contribution in [3.05, 3.63) is 26.8 Å². The maximum atomic E-state index is 4.56. The zero-order chi connectivity index (χ0) is 11.5. The van der Waals surface area contributed by atoms with Crippen molar-refractivity contribution in [2.45, 2.75) is 39.0 Å². The Bertz CT molecular complexity index is 478. The molecule has 1 atom stereocenters. The summed E-state index contributed by atoms with van der Waals surface area (Å²) in [7, 11) is 0. The summed E-state index contributed by atoms with van der Waals surface area (Å²) in [5.74, 6) is 0.703. The fourth-order valence-corrected chi connectivity index (χ4v) is 3.77. The maximum absolute atomic E-state index is 4.56. The minimum absolute atomic E-state index is 0.703. The van der Waals surface area contributed by atoms with E-state index in [1.165, 1.54) is 35.0 Å². The lowest BCUT2D eigenvalue weighted by atomic mass is 9.92. The minimum atomic E-state index is 0.703. The van der Waals surface area contributed by atoms with Gasteiger partial charge in [0.05, 0.1) is 10.2 Å². The van der Waals surface area contributed by atoms with Crippen molar-refractivity contribution in [2.24, 2.45) is 0 Å². The van der Waals surface area contributed by atoms with Crippen LogP contribution in [0.3, 0.4) is 0 Å². The molecule has 1 nitrogen and oxygen atoms in total. The number of rotatable bonds is 4. The molecule has 1 aromatic heterocycles. The quantitative estimate of drug-likeness (QED) is 0.695. The van der Waals surface area contributed by atoms with Crippen molar-refractivity contribution in [1.82, 2.24) is 4.98 Å². The summed E-state index contributed by atoms with van der Waals surface area (Å²) >= 11 is 4.06. The number of halogens is 1. The first-order valence-corrected chi connectivity index (χ1v) is 7.70. The van der Waals surface area contributed by atoms with Crippen molar-refractivity contribution in [3.63, 3.8) is 0 Å². The van der Waals surface area contributed by atoms with E-state index >= 15 is 0 Å². The number of aromatic nitrogens is 1. The number of fused-ring (bicyclic) bond motifs is 1. The second kappa shape index (κ2) is 5.45. The minimum Gasteiger partial charge on any atom is -0.230 e. The first-order chi connectivity index (χ1) is 7.74. The highest BCUT2D eigenvalue weighted by molar-refractivity contribution is 14.1. The van der Waals surface area contributed by atoms with Gasteiger partial charge in [-0.3, -0.25) is 0 Å². The molecule has 0 aliphatic rings. The Kier molecular flexibility index (Phi) is 4.19. The van der Waals surface area contributed by atoms with E-state index in [2.05, 4.69) is 59.6 Å². The van der Waals surface area contributed by atoms with Gasteiger partial charge < -0.3 is 0 Å². The van der Waals surface area contributed by atoms with E-state index < -0.39 is 0 Å². The summed E-state index contributed by atoms with van der Waals surface area (Å²) in [6.07, 6.45) is 3.76. The van der Waals surface area contributed by atoms with Crippen LogP contribution in [-0.2, 0) is 0 Å². The predicted molar refractivity (Wildman–Crippen MR) is 80.3 cm³/mol. The molecule has 16 heavy (non-hydrogen) atoms. The predicted octanol–water partition coefficient (Wildman–Crippen LogP) is 5.19. The van der Waals surface area contributed by atoms with Gasteiger partial charge in [-0.2, -0.15) is 0 Å². The van der Waals surface area contributed by atoms with Gasteiger partial charge in [-0.15, -0.1) is 11.3 Å². The van der Waals surface area contributed by atoms with Gasteiger partial charge in [0.15, 0.2) is 3.01 Å². The Morgan fingerprint density at radius 3 is 2.88 bits per heavy atom. The Morgan fingerprint density at radius 1 is 1.38 bits per heavy atom. The molecule has 0 radical (unpaired) electrons. The topological polar surface area (TPSA) is 12.9 Å². The summed E-state index contributed by atoms with van der Waals surface area (Å²) in [4.78, 5) is 4.56. The number of hydrogen-bond acceptors (Lipinski definition) is 2. The highest BCUT2D eigenvalue weighted by Crippen LogP contribution is 2.30. The third kappa shape index (κ3) is 2.56. The monoisotopic (exact) mass is 345 g/mol. The Hall–Kier alpha value is -0.160. The second-order valence-electron chi connectivity index (χ2n) is 4.09. The molecular formula is C13H16INS. The molecular weight excluding hydrogens is 329 g/mol. The third-order valence-electron chi connectivity index (χ3n) is 2.99. The van der Waals surface area contributed by atoms with E-state index in [1.807, 2.05) is 0 Å². The van der Waals surface area contributed by atoms with Crippen LogP contribution in [-0.4, -0.2) is 4.98 Å². The smallest absolute Gasteiger partial charge is 0.155 e. The summed E-state index contributed by atoms with van der Waals surface area (Å²) in [6.45, 7) is 4.53. The molecule has 0 aliphatic heterocycles. The molecule has 0 saturated carbocycles. The van der Waals surface area contributed by atoms with Crippen molar-refractivity contribution in [1.29, 1.82) is 0 Å². The molecule has 86 valence electrons. The maximum Gasteiger partial charge on any atom is 0.155 e. The van der Waals surface area contributed by atoms with E-state index in [0.717, 1.165) is 3.01 Å². The molecule has 0 fully saturated rings. The van der Waals surface area contributed by atoms with E-state index in [-0.39, 0.29) is 0 Å². The first kappa shape index (κ1) is 12.3. The molecule has 1 heterocycles. The highest BCUT2D eigenvalue weighted by atomic mass is 127. The Labute approximate surface area is 114 Å². The summed E-state index contributed by atoms with van der Waals surface area (Å²) in [6, 6.07) is 6.78. The van der Waals surface area contributed by atoms with Crippen molar-refractivity contribution in [2.75, 3.05) is 0 Å². The van der Waals surface area contributed by atoms with Gasteiger partial charge in [-0.25, -0.2) is 4.98 Å². The average Bonchev–Trinajstić information content (AvgIpc) is 2.64. The van der Waals surface area contributed by atoms with Gasteiger partial charge in [0.2, 0.25) is 0 Å². The van der Waals surface area contributed by atoms with E-state index in [4.69, 9.17) is 0 Å². The summed E-state index contributed by atoms with van der Waals surface area (Å²) in [5.41, 5.74) is 2.63. The zero-order valence-electron chi connectivity index (χ0n) is 9.66. The zero-order valence-corrected chi connectivity index (χ0v) is 12.6. The first-order valence-electron chi connectivity index (χ1n) is 5.80. The largest absolute Gasteiger partial charge is 0.230 e. The molecule has 0 spiro atoms. The number of hydrogen-bond donors (Lipinski definition) is 0. The van der Waals surface area contributed by atoms with Gasteiger partial charge in [-0.1, -0.05) is 26.3 Å². The van der Waals surface area contributed by atoms with Crippen LogP contribution in [0.2, 0.25) is 0 Å². The van der Waals surface area contributed by atoms with Crippen molar-refractivity contribution >= 4 is 44.1 Å². The van der Waals surface area contributed by atoms with Gasteiger partial charge in [0, 0.05) is 0 Å². The van der Waals surface area contributed by atoms with Crippen LogP contribution in [0.4, 0.5) is 0 Å². The Balaban J connectivity index is 2.36. The van der Waals surface area contributed by atoms with Crippen molar-refractivity contribution in [3.8, 4) is 0 Å². The van der Waals surface area contributed by atoms with E-state index in [9.17, 15) is 0 Å². The SMILES string of the molecule is CCCC(CC)c1ccc2sc(I)nc2c1. The van der Waals surface area contributed by atoms with Gasteiger partial charge in [-0.05, 0) is 59.0 Å². The van der Waals surface area contributed by atoms with Crippen LogP contribution in [0.25, 0.3) is 10.2 Å². The number of nitrogens with zero attached hydrogens (tertiary/aromatic N) is 1. The van der Waals surface area contributed by atoms with Gasteiger partial charge in [0.25, 0.3) is 0 Å². The molecule has 2 aromatic rings. The van der Waals surface area contributed by atoms with Crippen LogP contribution < -0.4 is 0 Å². The molecule has 2 rings (SSSR count). The van der Waals surface area contributed by atoms with E-state index in [1.54, 1.807) is 11.3 Å². The number of benzene rings is 1. The van der Waals surface area contributed by atoms with Crippen LogP contribution in [0, 0.1) is 3.01 Å². The number of thiazole rings is 1. The lowest BCUT2D eigenvalue weighted by Gasteiger charge is -2.13. The molecule has 1 aromatic carbocycles. The molecule has 1 unspecified atom stereocenters. The average molecular weight is 345 g/mol. The molecule has 0 saturated heterocycles. The van der Waals surface area contributed by atoms with Crippen LogP contribution >= 0.6 is 33.9 Å². The van der Waals surface area contributed by atoms with Crippen molar-refractivity contribution < 1.29 is 0 Å². The Morgan fingerprint density at radius 2 is 2.19 bits per heavy atom. The molecule has 0 bridgehead atoms. The standard InChI is InChI=1S/C13H16INS/c1-3-5-9(4-2)10-6-7-12-11(8-10)15-13(14)16-12/h6-9H,3-5H2,1-2H3. The second-order valence-corrected chi connectivity index (χ2v) is 6.87. The van der Waals surface area contributed by atoms with Gasteiger partial charge >= 0.3 is 0 Å². The normalized spacial score (nSPS) is 13.2. The van der Waals surface area contributed by atoms with Crippen LogP contribution in [0.15, 0.2) is 18.2 Å². The third-order valence-corrected chi connectivity index (χ3v) is 4.71. The van der Waals surface area contributed by atoms with Gasteiger partial charge in [0.1, 0.15) is 0 Å². The molecule has 0 amide bonds. The highest BCUT2D eigenvalue weighted by Gasteiger charge is 2.10. The fraction of sp³-hybridized carbons (Fsp3) is 0.462. The van der Waals surface area contributed by atoms with Crippen LogP contribution in [0.5, 0.6) is 0 Å². The summed E-state index contributed by atoms with van der Waals surface area (Å²) in [5, 5.41) is 0. The molecule has 0 N–H and O–H groups in total. The molecule has 0 aliphatic carbocycles. The fourth-order valence-electron chi connectivity index (χ4n) is 2.13. The molecule has 3 heteroatoms. The summed E-state index contributed by atoms with van der Waals surface area (Å²) < 4.78 is 2.44.